The number of imidazole rings is 1. The van der Waals surface area contributed by atoms with Gasteiger partial charge in [0, 0.05) is 33.3 Å². The highest BCUT2D eigenvalue weighted by Crippen LogP contribution is 2.41. The van der Waals surface area contributed by atoms with Crippen LogP contribution in [0.1, 0.15) is 37.6 Å². The van der Waals surface area contributed by atoms with E-state index in [1.54, 1.807) is 0 Å². The van der Waals surface area contributed by atoms with Crippen LogP contribution in [0, 0.1) is 5.41 Å². The van der Waals surface area contributed by atoms with Crippen molar-refractivity contribution in [3.8, 4) is 0 Å². The first-order chi connectivity index (χ1) is 16.1. The Morgan fingerprint density at radius 3 is 2.67 bits per heavy atom. The van der Waals surface area contributed by atoms with E-state index < -0.39 is 0 Å². The Hall–Kier alpha value is -2.70. The van der Waals surface area contributed by atoms with Gasteiger partial charge in [-0.15, -0.1) is 0 Å². The third-order valence-electron chi connectivity index (χ3n) is 7.30. The van der Waals surface area contributed by atoms with E-state index in [1.165, 1.54) is 5.56 Å². The van der Waals surface area contributed by atoms with Crippen LogP contribution in [0.25, 0.3) is 11.0 Å². The lowest BCUT2D eigenvalue weighted by Gasteiger charge is -2.49. The van der Waals surface area contributed by atoms with Crippen molar-refractivity contribution in [3.63, 3.8) is 0 Å². The molecule has 6 nitrogen and oxygen atoms in total. The molecule has 3 aromatic rings. The molecule has 0 saturated carbocycles. The number of carbonyl (C=O) groups is 1. The van der Waals surface area contributed by atoms with E-state index in [9.17, 15) is 4.79 Å². The second-order valence-electron chi connectivity index (χ2n) is 9.62. The fourth-order valence-corrected chi connectivity index (χ4v) is 5.78. The van der Waals surface area contributed by atoms with E-state index in [0.717, 1.165) is 55.8 Å². The molecular formula is C27H34N4O2. The van der Waals surface area contributed by atoms with Gasteiger partial charge in [-0.1, -0.05) is 42.5 Å². The molecule has 3 heterocycles. The maximum absolute atomic E-state index is 13.9. The Kier molecular flexibility index (Phi) is 6.21. The lowest BCUT2D eigenvalue weighted by atomic mass is 9.72. The average molecular weight is 447 g/mol. The Balaban J connectivity index is 1.37. The third-order valence-corrected chi connectivity index (χ3v) is 7.30. The maximum Gasteiger partial charge on any atom is 0.230 e. The van der Waals surface area contributed by atoms with Crippen LogP contribution in [0.3, 0.4) is 0 Å². The first kappa shape index (κ1) is 22.1. The van der Waals surface area contributed by atoms with E-state index in [0.29, 0.717) is 19.7 Å². The molecular weight excluding hydrogens is 412 g/mol. The van der Waals surface area contributed by atoms with E-state index in [-0.39, 0.29) is 17.4 Å². The second kappa shape index (κ2) is 9.27. The molecule has 0 aliphatic carbocycles. The van der Waals surface area contributed by atoms with E-state index in [4.69, 9.17) is 9.72 Å². The molecule has 0 N–H and O–H groups in total. The monoisotopic (exact) mass is 446 g/mol. The molecule has 2 fully saturated rings. The van der Waals surface area contributed by atoms with Gasteiger partial charge in [0.2, 0.25) is 5.91 Å². The number of fused-ring (bicyclic) bond motifs is 1. The predicted octanol–water partition coefficient (Wildman–Crippen LogP) is 3.99. The van der Waals surface area contributed by atoms with Crippen LogP contribution in [0.2, 0.25) is 0 Å². The van der Waals surface area contributed by atoms with Gasteiger partial charge in [0.05, 0.1) is 29.1 Å². The highest BCUT2D eigenvalue weighted by Gasteiger charge is 2.49. The first-order valence-electron chi connectivity index (χ1n) is 12.2. The minimum atomic E-state index is -0.379. The van der Waals surface area contributed by atoms with Gasteiger partial charge in [0.25, 0.3) is 0 Å². The van der Waals surface area contributed by atoms with Crippen LogP contribution in [0.5, 0.6) is 0 Å². The Labute approximate surface area is 196 Å². The number of aryl methyl sites for hydroxylation is 1. The van der Waals surface area contributed by atoms with Crippen molar-refractivity contribution >= 4 is 16.9 Å². The lowest BCUT2D eigenvalue weighted by molar-refractivity contribution is -0.161. The second-order valence-corrected chi connectivity index (χ2v) is 9.62. The van der Waals surface area contributed by atoms with Gasteiger partial charge in [0.15, 0.2) is 0 Å². The minimum absolute atomic E-state index is 0.0899. The fraction of sp³-hybridized carbons (Fsp3) is 0.481. The number of hydrogen-bond acceptors (Lipinski definition) is 4. The van der Waals surface area contributed by atoms with Gasteiger partial charge in [-0.05, 0) is 50.4 Å². The highest BCUT2D eigenvalue weighted by molar-refractivity contribution is 5.84. The van der Waals surface area contributed by atoms with Crippen molar-refractivity contribution in [3.05, 3.63) is 66.0 Å². The zero-order valence-corrected chi connectivity index (χ0v) is 19.7. The van der Waals surface area contributed by atoms with E-state index in [2.05, 4.69) is 46.8 Å². The summed E-state index contributed by atoms with van der Waals surface area (Å²) in [5.74, 6) is 1.34. The largest absolute Gasteiger partial charge is 0.377 e. The number of rotatable bonds is 6. The predicted molar refractivity (Wildman–Crippen MR) is 130 cm³/mol. The summed E-state index contributed by atoms with van der Waals surface area (Å²) in [6, 6.07) is 18.6. The summed E-state index contributed by atoms with van der Waals surface area (Å²) in [4.78, 5) is 23.2. The zero-order valence-electron chi connectivity index (χ0n) is 19.7. The summed E-state index contributed by atoms with van der Waals surface area (Å²) >= 11 is 0. The first-order valence-corrected chi connectivity index (χ1v) is 12.2. The van der Waals surface area contributed by atoms with Crippen LogP contribution in [-0.4, -0.2) is 57.6 Å². The average Bonchev–Trinajstić information content (AvgIpc) is 3.14. The molecule has 2 aliphatic heterocycles. The number of likely N-dealkylation sites (tertiary alicyclic amines) is 2. The van der Waals surface area contributed by atoms with Crippen molar-refractivity contribution in [2.75, 3.05) is 26.2 Å². The molecule has 5 rings (SSSR count). The van der Waals surface area contributed by atoms with Gasteiger partial charge >= 0.3 is 0 Å². The van der Waals surface area contributed by atoms with Crippen molar-refractivity contribution in [2.24, 2.45) is 12.5 Å². The van der Waals surface area contributed by atoms with E-state index in [1.807, 2.05) is 36.1 Å². The summed E-state index contributed by atoms with van der Waals surface area (Å²) < 4.78 is 8.29. The Morgan fingerprint density at radius 2 is 1.88 bits per heavy atom. The van der Waals surface area contributed by atoms with Crippen molar-refractivity contribution < 1.29 is 9.53 Å². The summed E-state index contributed by atoms with van der Waals surface area (Å²) in [6.45, 7) is 6.57. The van der Waals surface area contributed by atoms with Crippen LogP contribution in [0.15, 0.2) is 54.6 Å². The molecule has 2 aliphatic rings. The van der Waals surface area contributed by atoms with Gasteiger partial charge < -0.3 is 14.2 Å². The number of para-hydroxylation sites is 2. The number of benzene rings is 2. The third kappa shape index (κ3) is 4.42. The smallest absolute Gasteiger partial charge is 0.230 e. The van der Waals surface area contributed by atoms with Gasteiger partial charge in [-0.2, -0.15) is 0 Å². The minimum Gasteiger partial charge on any atom is -0.377 e. The molecule has 1 spiro atoms. The number of amides is 1. The topological polar surface area (TPSA) is 50.6 Å². The number of nitrogens with zero attached hydrogens (tertiary/aromatic N) is 4. The molecule has 6 heteroatoms. The molecule has 0 radical (unpaired) electrons. The van der Waals surface area contributed by atoms with Gasteiger partial charge in [-0.25, -0.2) is 4.98 Å². The lowest BCUT2D eigenvalue weighted by Crippen LogP contribution is -2.59. The quantitative estimate of drug-likeness (QED) is 0.575. The van der Waals surface area contributed by atoms with Crippen molar-refractivity contribution in [1.29, 1.82) is 0 Å². The molecule has 2 saturated heterocycles. The number of aromatic nitrogens is 2. The normalized spacial score (nSPS) is 24.1. The molecule has 0 bridgehead atoms. The van der Waals surface area contributed by atoms with Gasteiger partial charge in [0.1, 0.15) is 5.82 Å². The van der Waals surface area contributed by atoms with Crippen LogP contribution in [0.4, 0.5) is 0 Å². The SMILES string of the molecule is CCO[C@@H]1CN(Cc2ccccc2)C(=O)[C@@]2(CCCN(Cc3nc4ccccc4n3C)C2)C1. The maximum atomic E-state index is 13.9. The van der Waals surface area contributed by atoms with Crippen LogP contribution >= 0.6 is 0 Å². The van der Waals surface area contributed by atoms with Crippen LogP contribution in [-0.2, 0) is 29.7 Å². The molecule has 2 atom stereocenters. The summed E-state index contributed by atoms with van der Waals surface area (Å²) in [6.07, 6.45) is 2.85. The van der Waals surface area contributed by atoms with E-state index >= 15 is 0 Å². The molecule has 0 unspecified atom stereocenters. The number of piperidine rings is 2. The number of ether oxygens (including phenoxy) is 1. The fourth-order valence-electron chi connectivity index (χ4n) is 5.78. The molecule has 33 heavy (non-hydrogen) atoms. The Bertz CT molecular complexity index is 1110. The summed E-state index contributed by atoms with van der Waals surface area (Å²) in [5.41, 5.74) is 2.97. The van der Waals surface area contributed by atoms with Crippen molar-refractivity contribution in [2.45, 2.75) is 45.4 Å². The molecule has 174 valence electrons. The number of carbonyl (C=O) groups excluding carboxylic acids is 1. The van der Waals surface area contributed by atoms with Crippen LogP contribution < -0.4 is 0 Å². The standard InChI is InChI=1S/C27H34N4O2/c1-3-33-22-16-27(26(32)31(18-22)17-21-10-5-4-6-11-21)14-9-15-30(20-27)19-25-28-23-12-7-8-13-24(23)29(25)2/h4-8,10-13,22H,3,9,14-20H2,1-2H3/t22-,27-/m0/s1. The zero-order chi connectivity index (χ0) is 22.8. The Morgan fingerprint density at radius 1 is 1.09 bits per heavy atom. The van der Waals surface area contributed by atoms with Crippen molar-refractivity contribution in [1.82, 2.24) is 19.4 Å². The molecule has 1 amide bonds. The number of hydrogen-bond donors (Lipinski definition) is 0. The molecule has 1 aromatic heterocycles. The summed E-state index contributed by atoms with van der Waals surface area (Å²) in [7, 11) is 2.09. The summed E-state index contributed by atoms with van der Waals surface area (Å²) in [5, 5.41) is 0. The highest BCUT2D eigenvalue weighted by atomic mass is 16.5. The molecule has 2 aromatic carbocycles. The van der Waals surface area contributed by atoms with Gasteiger partial charge in [-0.3, -0.25) is 9.69 Å².